The van der Waals surface area contributed by atoms with E-state index in [0.29, 0.717) is 22.9 Å². The Morgan fingerprint density at radius 3 is 2.23 bits per heavy atom. The van der Waals surface area contributed by atoms with Gasteiger partial charge in [-0.2, -0.15) is 0 Å². The SMILES string of the molecule is CCCCCOc1ccc(C(=O)Oc2ccc(Cl)cc2)cc1. The molecule has 0 fully saturated rings. The molecular weight excluding hydrogens is 300 g/mol. The standard InChI is InChI=1S/C18H19ClO3/c1-2-3-4-13-21-16-9-5-14(6-10-16)18(20)22-17-11-7-15(19)8-12-17/h5-12H,2-4,13H2,1H3. The smallest absolute Gasteiger partial charge is 0.343 e. The fourth-order valence-electron chi connectivity index (χ4n) is 1.90. The van der Waals surface area contributed by atoms with Crippen molar-refractivity contribution in [3.05, 3.63) is 59.1 Å². The molecule has 0 amide bonds. The van der Waals surface area contributed by atoms with Gasteiger partial charge in [-0.1, -0.05) is 31.4 Å². The van der Waals surface area contributed by atoms with Gasteiger partial charge in [0.25, 0.3) is 0 Å². The van der Waals surface area contributed by atoms with Crippen molar-refractivity contribution in [3.63, 3.8) is 0 Å². The average Bonchev–Trinajstić information content (AvgIpc) is 2.54. The summed E-state index contributed by atoms with van der Waals surface area (Å²) in [6.07, 6.45) is 3.36. The lowest BCUT2D eigenvalue weighted by atomic mass is 10.2. The maximum absolute atomic E-state index is 12.0. The molecule has 2 aromatic rings. The summed E-state index contributed by atoms with van der Waals surface area (Å²) in [6.45, 7) is 2.85. The highest BCUT2D eigenvalue weighted by atomic mass is 35.5. The van der Waals surface area contributed by atoms with Crippen molar-refractivity contribution in [2.24, 2.45) is 0 Å². The predicted molar refractivity (Wildman–Crippen MR) is 87.9 cm³/mol. The van der Waals surface area contributed by atoms with Crippen LogP contribution in [0.5, 0.6) is 11.5 Å². The maximum Gasteiger partial charge on any atom is 0.343 e. The summed E-state index contributed by atoms with van der Waals surface area (Å²) in [5.41, 5.74) is 0.482. The van der Waals surface area contributed by atoms with E-state index in [4.69, 9.17) is 21.1 Å². The molecule has 4 heteroatoms. The van der Waals surface area contributed by atoms with E-state index >= 15 is 0 Å². The summed E-state index contributed by atoms with van der Waals surface area (Å²) in [7, 11) is 0. The molecule has 0 saturated heterocycles. The molecule has 0 atom stereocenters. The van der Waals surface area contributed by atoms with Gasteiger partial charge in [-0.05, 0) is 55.0 Å². The lowest BCUT2D eigenvalue weighted by Gasteiger charge is -2.07. The Bertz CT molecular complexity index is 591. The van der Waals surface area contributed by atoms with E-state index in [1.165, 1.54) is 6.42 Å². The molecule has 0 aromatic heterocycles. The maximum atomic E-state index is 12.0. The van der Waals surface area contributed by atoms with Crippen LogP contribution in [0.1, 0.15) is 36.5 Å². The largest absolute Gasteiger partial charge is 0.494 e. The molecule has 0 bridgehead atoms. The third-order valence-electron chi connectivity index (χ3n) is 3.13. The van der Waals surface area contributed by atoms with Gasteiger partial charge in [0.05, 0.1) is 12.2 Å². The number of rotatable bonds is 7. The van der Waals surface area contributed by atoms with Gasteiger partial charge < -0.3 is 9.47 Å². The molecular formula is C18H19ClO3. The van der Waals surface area contributed by atoms with Crippen molar-refractivity contribution < 1.29 is 14.3 Å². The number of esters is 1. The number of unbranched alkanes of at least 4 members (excludes halogenated alkanes) is 2. The van der Waals surface area contributed by atoms with Crippen LogP contribution < -0.4 is 9.47 Å². The van der Waals surface area contributed by atoms with E-state index in [2.05, 4.69) is 6.92 Å². The molecule has 0 aliphatic carbocycles. The van der Waals surface area contributed by atoms with Crippen LogP contribution in [-0.2, 0) is 0 Å². The molecule has 0 aliphatic rings. The first-order chi connectivity index (χ1) is 10.7. The van der Waals surface area contributed by atoms with E-state index < -0.39 is 5.97 Å². The molecule has 0 radical (unpaired) electrons. The van der Waals surface area contributed by atoms with Crippen molar-refractivity contribution in [3.8, 4) is 11.5 Å². The number of halogens is 1. The Morgan fingerprint density at radius 1 is 0.955 bits per heavy atom. The Balaban J connectivity index is 1.89. The zero-order valence-electron chi connectivity index (χ0n) is 12.5. The molecule has 3 nitrogen and oxygen atoms in total. The zero-order valence-corrected chi connectivity index (χ0v) is 13.3. The summed E-state index contributed by atoms with van der Waals surface area (Å²) >= 11 is 5.79. The lowest BCUT2D eigenvalue weighted by molar-refractivity contribution is 0.0734. The van der Waals surface area contributed by atoms with E-state index in [1.807, 2.05) is 0 Å². The van der Waals surface area contributed by atoms with Gasteiger partial charge in [0.15, 0.2) is 0 Å². The van der Waals surface area contributed by atoms with Crippen LogP contribution >= 0.6 is 11.6 Å². The average molecular weight is 319 g/mol. The van der Waals surface area contributed by atoms with Crippen LogP contribution in [0.25, 0.3) is 0 Å². The van der Waals surface area contributed by atoms with Crippen molar-refractivity contribution in [1.29, 1.82) is 0 Å². The molecule has 2 rings (SSSR count). The number of hydrogen-bond donors (Lipinski definition) is 0. The van der Waals surface area contributed by atoms with Crippen LogP contribution in [0.15, 0.2) is 48.5 Å². The number of carbonyl (C=O) groups is 1. The summed E-state index contributed by atoms with van der Waals surface area (Å²) < 4.78 is 10.9. The molecule has 0 saturated carbocycles. The fraction of sp³-hybridized carbons (Fsp3) is 0.278. The first kappa shape index (κ1) is 16.4. The van der Waals surface area contributed by atoms with E-state index in [1.54, 1.807) is 48.5 Å². The topological polar surface area (TPSA) is 35.5 Å². The Labute approximate surface area is 135 Å². The molecule has 22 heavy (non-hydrogen) atoms. The van der Waals surface area contributed by atoms with Gasteiger partial charge in [0, 0.05) is 5.02 Å². The Hall–Kier alpha value is -2.00. The zero-order chi connectivity index (χ0) is 15.8. The molecule has 0 spiro atoms. The molecule has 0 unspecified atom stereocenters. The van der Waals surface area contributed by atoms with Crippen molar-refractivity contribution in [2.45, 2.75) is 26.2 Å². The van der Waals surface area contributed by atoms with Crippen LogP contribution in [0.2, 0.25) is 5.02 Å². The molecule has 0 heterocycles. The number of ether oxygens (including phenoxy) is 2. The monoisotopic (exact) mass is 318 g/mol. The van der Waals surface area contributed by atoms with Gasteiger partial charge in [0.1, 0.15) is 11.5 Å². The second-order valence-corrected chi connectivity index (χ2v) is 5.36. The van der Waals surface area contributed by atoms with Gasteiger partial charge in [-0.3, -0.25) is 0 Å². The Morgan fingerprint density at radius 2 is 1.59 bits per heavy atom. The highest BCUT2D eigenvalue weighted by molar-refractivity contribution is 6.30. The molecule has 0 aliphatic heterocycles. The minimum absolute atomic E-state index is 0.403. The highest BCUT2D eigenvalue weighted by Gasteiger charge is 2.08. The highest BCUT2D eigenvalue weighted by Crippen LogP contribution is 2.18. The minimum atomic E-state index is -0.403. The predicted octanol–water partition coefficient (Wildman–Crippen LogP) is 5.13. The van der Waals surface area contributed by atoms with Crippen LogP contribution in [0.3, 0.4) is 0 Å². The summed E-state index contributed by atoms with van der Waals surface area (Å²) in [5.74, 6) is 0.827. The summed E-state index contributed by atoms with van der Waals surface area (Å²) in [4.78, 5) is 12.0. The number of carbonyl (C=O) groups excluding carboxylic acids is 1. The second-order valence-electron chi connectivity index (χ2n) is 4.92. The number of hydrogen-bond acceptors (Lipinski definition) is 3. The third-order valence-corrected chi connectivity index (χ3v) is 3.38. The minimum Gasteiger partial charge on any atom is -0.494 e. The van der Waals surface area contributed by atoms with Crippen LogP contribution in [0.4, 0.5) is 0 Å². The van der Waals surface area contributed by atoms with Crippen molar-refractivity contribution in [1.82, 2.24) is 0 Å². The normalized spacial score (nSPS) is 10.3. The quantitative estimate of drug-likeness (QED) is 0.403. The van der Waals surface area contributed by atoms with E-state index in [9.17, 15) is 4.79 Å². The van der Waals surface area contributed by atoms with Gasteiger partial charge in [0.2, 0.25) is 0 Å². The van der Waals surface area contributed by atoms with E-state index in [-0.39, 0.29) is 0 Å². The van der Waals surface area contributed by atoms with Gasteiger partial charge in [-0.25, -0.2) is 4.79 Å². The first-order valence-electron chi connectivity index (χ1n) is 7.39. The first-order valence-corrected chi connectivity index (χ1v) is 7.77. The van der Waals surface area contributed by atoms with Crippen molar-refractivity contribution >= 4 is 17.6 Å². The lowest BCUT2D eigenvalue weighted by Crippen LogP contribution is -2.08. The molecule has 2 aromatic carbocycles. The molecule has 116 valence electrons. The van der Waals surface area contributed by atoms with Gasteiger partial charge >= 0.3 is 5.97 Å². The third kappa shape index (κ3) is 5.08. The van der Waals surface area contributed by atoms with E-state index in [0.717, 1.165) is 18.6 Å². The van der Waals surface area contributed by atoms with Crippen LogP contribution in [-0.4, -0.2) is 12.6 Å². The Kier molecular flexibility index (Phi) is 6.28. The molecule has 0 N–H and O–H groups in total. The summed E-state index contributed by atoms with van der Waals surface area (Å²) in [6, 6.07) is 13.6. The van der Waals surface area contributed by atoms with Gasteiger partial charge in [-0.15, -0.1) is 0 Å². The van der Waals surface area contributed by atoms with Crippen molar-refractivity contribution in [2.75, 3.05) is 6.61 Å². The van der Waals surface area contributed by atoms with Crippen LogP contribution in [0, 0.1) is 0 Å². The fourth-order valence-corrected chi connectivity index (χ4v) is 2.02. The number of benzene rings is 2. The second kappa shape index (κ2) is 8.44. The summed E-state index contributed by atoms with van der Waals surface area (Å²) in [5, 5.41) is 0.601.